The summed E-state index contributed by atoms with van der Waals surface area (Å²) >= 11 is 0. The summed E-state index contributed by atoms with van der Waals surface area (Å²) in [5, 5.41) is 2.54. The van der Waals surface area contributed by atoms with Crippen molar-refractivity contribution in [2.24, 2.45) is 5.92 Å². The molecule has 1 N–H and O–H groups in total. The first kappa shape index (κ1) is 14.9. The van der Waals surface area contributed by atoms with Crippen molar-refractivity contribution in [3.8, 4) is 0 Å². The number of amides is 1. The normalized spacial score (nSPS) is 16.4. The molecule has 0 atom stereocenters. The molecule has 1 saturated carbocycles. The van der Waals surface area contributed by atoms with Gasteiger partial charge >= 0.3 is 6.18 Å². The minimum atomic E-state index is -4.38. The average Bonchev–Trinajstić information content (AvgIpc) is 2.89. The number of carbonyl (C=O) groups excluding carboxylic acids is 1. The highest BCUT2D eigenvalue weighted by Crippen LogP contribution is 2.31. The number of halogens is 3. The van der Waals surface area contributed by atoms with Gasteiger partial charge in [0.25, 0.3) is 0 Å². The van der Waals surface area contributed by atoms with Gasteiger partial charge in [-0.15, -0.1) is 0 Å². The Hall–Kier alpha value is -1.52. The molecule has 0 heterocycles. The van der Waals surface area contributed by atoms with Crippen LogP contribution in [0.15, 0.2) is 24.3 Å². The molecule has 0 aromatic heterocycles. The highest BCUT2D eigenvalue weighted by Gasteiger charge is 2.30. The Bertz CT molecular complexity index is 464. The minimum absolute atomic E-state index is 0.205. The number of hydrogen-bond donors (Lipinski definition) is 1. The molecule has 20 heavy (non-hydrogen) atoms. The van der Waals surface area contributed by atoms with Gasteiger partial charge in [-0.05, 0) is 30.5 Å². The highest BCUT2D eigenvalue weighted by atomic mass is 19.4. The lowest BCUT2D eigenvalue weighted by Gasteiger charge is -2.11. The third-order valence-electron chi connectivity index (χ3n) is 3.73. The van der Waals surface area contributed by atoms with Crippen LogP contribution in [-0.4, -0.2) is 5.91 Å². The quantitative estimate of drug-likeness (QED) is 0.859. The fourth-order valence-corrected chi connectivity index (χ4v) is 2.63. The first-order valence-electron chi connectivity index (χ1n) is 6.92. The minimum Gasteiger partial charge on any atom is -0.326 e. The molecule has 1 aromatic rings. The molecule has 2 rings (SSSR count). The number of benzene rings is 1. The van der Waals surface area contributed by atoms with Crippen molar-refractivity contribution in [3.63, 3.8) is 0 Å². The zero-order valence-corrected chi connectivity index (χ0v) is 11.2. The summed E-state index contributed by atoms with van der Waals surface area (Å²) < 4.78 is 37.6. The van der Waals surface area contributed by atoms with Gasteiger partial charge in [0.15, 0.2) is 0 Å². The van der Waals surface area contributed by atoms with Crippen molar-refractivity contribution in [1.29, 1.82) is 0 Å². The molecule has 0 saturated heterocycles. The predicted octanol–water partition coefficient (Wildman–Crippen LogP) is 4.61. The lowest BCUT2D eigenvalue weighted by Crippen LogP contribution is -2.13. The Labute approximate surface area is 116 Å². The zero-order chi connectivity index (χ0) is 14.6. The molecule has 1 amide bonds. The van der Waals surface area contributed by atoms with E-state index in [0.717, 1.165) is 31.4 Å². The summed E-state index contributed by atoms with van der Waals surface area (Å²) in [5.41, 5.74) is -0.540. The first-order valence-corrected chi connectivity index (χ1v) is 6.92. The van der Waals surface area contributed by atoms with E-state index in [0.29, 0.717) is 12.3 Å². The maximum absolute atomic E-state index is 12.5. The number of hydrogen-bond acceptors (Lipinski definition) is 1. The Kier molecular flexibility index (Phi) is 4.68. The lowest BCUT2D eigenvalue weighted by atomic mass is 10.0. The summed E-state index contributed by atoms with van der Waals surface area (Å²) in [6, 6.07) is 4.74. The number of alkyl halides is 3. The molecule has 0 unspecified atom stereocenters. The van der Waals surface area contributed by atoms with Crippen LogP contribution in [-0.2, 0) is 11.0 Å². The van der Waals surface area contributed by atoms with Gasteiger partial charge in [-0.2, -0.15) is 13.2 Å². The first-order chi connectivity index (χ1) is 9.45. The monoisotopic (exact) mass is 285 g/mol. The Morgan fingerprint density at radius 3 is 2.60 bits per heavy atom. The van der Waals surface area contributed by atoms with Crippen molar-refractivity contribution in [1.82, 2.24) is 0 Å². The molecule has 2 nitrogen and oxygen atoms in total. The molecule has 0 bridgehead atoms. The van der Waals surface area contributed by atoms with E-state index in [-0.39, 0.29) is 11.6 Å². The van der Waals surface area contributed by atoms with E-state index in [1.165, 1.54) is 25.0 Å². The second kappa shape index (κ2) is 6.29. The molecule has 5 heteroatoms. The molecular weight excluding hydrogens is 267 g/mol. The largest absolute Gasteiger partial charge is 0.416 e. The van der Waals surface area contributed by atoms with Crippen molar-refractivity contribution in [2.45, 2.75) is 44.7 Å². The van der Waals surface area contributed by atoms with Crippen LogP contribution in [0.4, 0.5) is 18.9 Å². The van der Waals surface area contributed by atoms with Crippen LogP contribution < -0.4 is 5.32 Å². The predicted molar refractivity (Wildman–Crippen MR) is 71.3 cm³/mol. The summed E-state index contributed by atoms with van der Waals surface area (Å²) in [6.07, 6.45) is 1.59. The van der Waals surface area contributed by atoms with Crippen molar-refractivity contribution in [2.75, 3.05) is 5.32 Å². The second-order valence-corrected chi connectivity index (χ2v) is 5.32. The van der Waals surface area contributed by atoms with Crippen molar-refractivity contribution in [3.05, 3.63) is 29.8 Å². The summed E-state index contributed by atoms with van der Waals surface area (Å²) in [7, 11) is 0. The number of anilines is 1. The van der Waals surface area contributed by atoms with Crippen LogP contribution in [0.1, 0.15) is 44.1 Å². The molecule has 1 aromatic carbocycles. The van der Waals surface area contributed by atoms with E-state index in [9.17, 15) is 18.0 Å². The Morgan fingerprint density at radius 1 is 1.25 bits per heavy atom. The molecule has 110 valence electrons. The fraction of sp³-hybridized carbons (Fsp3) is 0.533. The van der Waals surface area contributed by atoms with Crippen LogP contribution in [0.2, 0.25) is 0 Å². The summed E-state index contributed by atoms with van der Waals surface area (Å²) in [5.74, 6) is 0.387. The third-order valence-corrected chi connectivity index (χ3v) is 3.73. The maximum atomic E-state index is 12.5. The van der Waals surface area contributed by atoms with Gasteiger partial charge in [0.1, 0.15) is 0 Å². The van der Waals surface area contributed by atoms with Gasteiger partial charge in [-0.25, -0.2) is 0 Å². The lowest BCUT2D eigenvalue weighted by molar-refractivity contribution is -0.137. The number of nitrogens with one attached hydrogen (secondary N) is 1. The number of rotatable bonds is 4. The van der Waals surface area contributed by atoms with Crippen LogP contribution in [0.3, 0.4) is 0 Å². The second-order valence-electron chi connectivity index (χ2n) is 5.32. The van der Waals surface area contributed by atoms with Crippen molar-refractivity contribution >= 4 is 11.6 Å². The topological polar surface area (TPSA) is 29.1 Å². The SMILES string of the molecule is O=C(CCC1CCCC1)Nc1cccc(C(F)(F)F)c1. The molecule has 0 aliphatic heterocycles. The molecule has 1 aliphatic rings. The molecule has 1 fully saturated rings. The van der Waals surface area contributed by atoms with Gasteiger partial charge in [0, 0.05) is 12.1 Å². The Morgan fingerprint density at radius 2 is 1.95 bits per heavy atom. The molecule has 0 spiro atoms. The van der Waals surface area contributed by atoms with Crippen LogP contribution in [0.25, 0.3) is 0 Å². The zero-order valence-electron chi connectivity index (χ0n) is 11.2. The maximum Gasteiger partial charge on any atom is 0.416 e. The Balaban J connectivity index is 1.87. The third kappa shape index (κ3) is 4.25. The van der Waals surface area contributed by atoms with Crippen LogP contribution in [0.5, 0.6) is 0 Å². The van der Waals surface area contributed by atoms with Crippen LogP contribution >= 0.6 is 0 Å². The molecule has 1 aliphatic carbocycles. The van der Waals surface area contributed by atoms with E-state index in [1.807, 2.05) is 0 Å². The van der Waals surface area contributed by atoms with Gasteiger partial charge < -0.3 is 5.32 Å². The fourth-order valence-electron chi connectivity index (χ4n) is 2.63. The van der Waals surface area contributed by atoms with Crippen molar-refractivity contribution < 1.29 is 18.0 Å². The van der Waals surface area contributed by atoms with Gasteiger partial charge in [-0.1, -0.05) is 31.7 Å². The standard InChI is InChI=1S/C15H18F3NO/c16-15(17,18)12-6-3-7-13(10-12)19-14(20)9-8-11-4-1-2-5-11/h3,6-7,10-11H,1-2,4-5,8-9H2,(H,19,20). The summed E-state index contributed by atoms with van der Waals surface area (Å²) in [4.78, 5) is 11.7. The molecule has 0 radical (unpaired) electrons. The number of carbonyl (C=O) groups is 1. The summed E-state index contributed by atoms with van der Waals surface area (Å²) in [6.45, 7) is 0. The van der Waals surface area contributed by atoms with E-state index in [1.54, 1.807) is 0 Å². The smallest absolute Gasteiger partial charge is 0.326 e. The van der Waals surface area contributed by atoms with E-state index < -0.39 is 11.7 Å². The van der Waals surface area contributed by atoms with E-state index in [2.05, 4.69) is 5.32 Å². The van der Waals surface area contributed by atoms with Gasteiger partial charge in [-0.3, -0.25) is 4.79 Å². The van der Waals surface area contributed by atoms with Gasteiger partial charge in [0.05, 0.1) is 5.56 Å². The molecular formula is C15H18F3NO. The van der Waals surface area contributed by atoms with Gasteiger partial charge in [0.2, 0.25) is 5.91 Å². The van der Waals surface area contributed by atoms with E-state index >= 15 is 0 Å². The average molecular weight is 285 g/mol. The van der Waals surface area contributed by atoms with E-state index in [4.69, 9.17) is 0 Å². The highest BCUT2D eigenvalue weighted by molar-refractivity contribution is 5.90. The van der Waals surface area contributed by atoms with Crippen LogP contribution in [0, 0.1) is 5.92 Å².